The molecule has 3 rings (SSSR count). The van der Waals surface area contributed by atoms with Crippen molar-refractivity contribution >= 4 is 5.91 Å². The van der Waals surface area contributed by atoms with Crippen LogP contribution in [0.3, 0.4) is 0 Å². The third kappa shape index (κ3) is 2.22. The van der Waals surface area contributed by atoms with E-state index in [0.29, 0.717) is 17.1 Å². The van der Waals surface area contributed by atoms with Crippen molar-refractivity contribution in [1.29, 1.82) is 0 Å². The van der Waals surface area contributed by atoms with E-state index < -0.39 is 0 Å². The van der Waals surface area contributed by atoms with Gasteiger partial charge in [0.15, 0.2) is 11.5 Å². The first-order valence-corrected chi connectivity index (χ1v) is 7.13. The summed E-state index contributed by atoms with van der Waals surface area (Å²) in [5.74, 6) is 1.20. The number of carbonyl (C=O) groups excluding carboxylic acids is 1. The predicted molar refractivity (Wildman–Crippen MR) is 74.9 cm³/mol. The molecule has 2 atom stereocenters. The monoisotopic (exact) mass is 276 g/mol. The number of nitrogens with zero attached hydrogens (tertiary/aromatic N) is 1. The lowest BCUT2D eigenvalue weighted by Crippen LogP contribution is -2.51. The summed E-state index contributed by atoms with van der Waals surface area (Å²) in [5.41, 5.74) is 6.61. The molecule has 0 aliphatic carbocycles. The highest BCUT2D eigenvalue weighted by Gasteiger charge is 2.32. The van der Waals surface area contributed by atoms with Gasteiger partial charge >= 0.3 is 0 Å². The lowest BCUT2D eigenvalue weighted by Gasteiger charge is -2.38. The Balaban J connectivity index is 1.90. The number of piperidine rings is 1. The van der Waals surface area contributed by atoms with Gasteiger partial charge in [0.1, 0.15) is 0 Å². The number of rotatable bonds is 2. The van der Waals surface area contributed by atoms with E-state index in [4.69, 9.17) is 15.2 Å². The smallest absolute Gasteiger partial charge is 0.258 e. The SMILES string of the molecule is C[C@H](N)[C@H]1CCCCN1C(=O)c1cccc2c1OCO2. The summed E-state index contributed by atoms with van der Waals surface area (Å²) < 4.78 is 10.8. The van der Waals surface area contributed by atoms with Crippen molar-refractivity contribution < 1.29 is 14.3 Å². The van der Waals surface area contributed by atoms with Crippen LogP contribution in [0.15, 0.2) is 18.2 Å². The first-order chi connectivity index (χ1) is 9.68. The molecule has 2 aliphatic heterocycles. The molecule has 1 aromatic rings. The number of carbonyl (C=O) groups is 1. The van der Waals surface area contributed by atoms with Crippen LogP contribution in [0.1, 0.15) is 36.5 Å². The number of nitrogens with two attached hydrogens (primary N) is 1. The topological polar surface area (TPSA) is 64.8 Å². The Bertz CT molecular complexity index is 516. The standard InChI is InChI=1S/C15H20N2O3/c1-10(16)12-6-2-3-8-17(12)15(18)11-5-4-7-13-14(11)20-9-19-13/h4-5,7,10,12H,2-3,6,8-9,16H2,1H3/t10-,12+/m0/s1. The van der Waals surface area contributed by atoms with Crippen molar-refractivity contribution in [3.8, 4) is 11.5 Å². The third-order valence-corrected chi connectivity index (χ3v) is 4.04. The Morgan fingerprint density at radius 3 is 3.05 bits per heavy atom. The van der Waals surface area contributed by atoms with Crippen molar-refractivity contribution in [1.82, 2.24) is 4.90 Å². The fraction of sp³-hybridized carbons (Fsp3) is 0.533. The number of benzene rings is 1. The highest BCUT2D eigenvalue weighted by Crippen LogP contribution is 2.36. The van der Waals surface area contributed by atoms with Crippen LogP contribution in [0.2, 0.25) is 0 Å². The molecule has 1 fully saturated rings. The van der Waals surface area contributed by atoms with Crippen LogP contribution in [0, 0.1) is 0 Å². The predicted octanol–water partition coefficient (Wildman–Crippen LogP) is 1.76. The largest absolute Gasteiger partial charge is 0.454 e. The number of likely N-dealkylation sites (tertiary alicyclic amines) is 1. The molecule has 0 saturated carbocycles. The van der Waals surface area contributed by atoms with Crippen LogP contribution in [0.5, 0.6) is 11.5 Å². The van der Waals surface area contributed by atoms with Gasteiger partial charge in [-0.15, -0.1) is 0 Å². The van der Waals surface area contributed by atoms with E-state index in [1.165, 1.54) is 0 Å². The van der Waals surface area contributed by atoms with Gasteiger partial charge in [0.2, 0.25) is 6.79 Å². The number of amides is 1. The van der Waals surface area contributed by atoms with Crippen LogP contribution in [0.4, 0.5) is 0 Å². The second-order valence-corrected chi connectivity index (χ2v) is 5.46. The lowest BCUT2D eigenvalue weighted by atomic mass is 9.96. The molecule has 2 heterocycles. The summed E-state index contributed by atoms with van der Waals surface area (Å²) >= 11 is 0. The molecule has 20 heavy (non-hydrogen) atoms. The van der Waals surface area contributed by atoms with E-state index in [-0.39, 0.29) is 24.8 Å². The van der Waals surface area contributed by atoms with Gasteiger partial charge in [0, 0.05) is 18.6 Å². The van der Waals surface area contributed by atoms with Crippen molar-refractivity contribution in [2.75, 3.05) is 13.3 Å². The molecule has 0 bridgehead atoms. The minimum absolute atomic E-state index is 0.00523. The minimum atomic E-state index is -0.0202. The van der Waals surface area contributed by atoms with Crippen molar-refractivity contribution in [2.24, 2.45) is 5.73 Å². The molecule has 5 nitrogen and oxygen atoms in total. The molecule has 2 aliphatic rings. The maximum atomic E-state index is 12.8. The van der Waals surface area contributed by atoms with Gasteiger partial charge in [-0.1, -0.05) is 6.07 Å². The summed E-state index contributed by atoms with van der Waals surface area (Å²) in [7, 11) is 0. The number of hydrogen-bond acceptors (Lipinski definition) is 4. The van der Waals surface area contributed by atoms with Crippen LogP contribution >= 0.6 is 0 Å². The van der Waals surface area contributed by atoms with Crippen molar-refractivity contribution in [3.63, 3.8) is 0 Å². The summed E-state index contributed by atoms with van der Waals surface area (Å²) in [5, 5.41) is 0. The normalized spacial score (nSPS) is 22.7. The molecule has 0 radical (unpaired) electrons. The van der Waals surface area contributed by atoms with Gasteiger partial charge in [0.05, 0.1) is 5.56 Å². The third-order valence-electron chi connectivity index (χ3n) is 4.04. The molecule has 1 saturated heterocycles. The molecule has 0 spiro atoms. The lowest BCUT2D eigenvalue weighted by molar-refractivity contribution is 0.0579. The number of para-hydroxylation sites is 1. The average Bonchev–Trinajstić information content (AvgIpc) is 2.94. The van der Waals surface area contributed by atoms with E-state index in [1.807, 2.05) is 24.0 Å². The van der Waals surface area contributed by atoms with Crippen LogP contribution < -0.4 is 15.2 Å². The summed E-state index contributed by atoms with van der Waals surface area (Å²) in [6, 6.07) is 5.52. The first-order valence-electron chi connectivity index (χ1n) is 7.13. The molecule has 1 aromatic carbocycles. The second-order valence-electron chi connectivity index (χ2n) is 5.46. The van der Waals surface area contributed by atoms with E-state index in [9.17, 15) is 4.79 Å². The van der Waals surface area contributed by atoms with Crippen molar-refractivity contribution in [2.45, 2.75) is 38.3 Å². The van der Waals surface area contributed by atoms with Crippen LogP contribution in [-0.4, -0.2) is 36.2 Å². The zero-order valence-electron chi connectivity index (χ0n) is 11.7. The molecule has 108 valence electrons. The average molecular weight is 276 g/mol. The first kappa shape index (κ1) is 13.2. The van der Waals surface area contributed by atoms with Crippen molar-refractivity contribution in [3.05, 3.63) is 23.8 Å². The number of fused-ring (bicyclic) bond motifs is 1. The van der Waals surface area contributed by atoms with E-state index in [0.717, 1.165) is 25.8 Å². The molecule has 5 heteroatoms. The molecular formula is C15H20N2O3. The van der Waals surface area contributed by atoms with E-state index in [1.54, 1.807) is 6.07 Å². The molecule has 1 amide bonds. The maximum Gasteiger partial charge on any atom is 0.258 e. The Morgan fingerprint density at radius 2 is 2.25 bits per heavy atom. The summed E-state index contributed by atoms with van der Waals surface area (Å²) in [4.78, 5) is 14.7. The number of ether oxygens (including phenoxy) is 2. The van der Waals surface area contributed by atoms with E-state index in [2.05, 4.69) is 0 Å². The van der Waals surface area contributed by atoms with E-state index >= 15 is 0 Å². The molecule has 0 aromatic heterocycles. The highest BCUT2D eigenvalue weighted by atomic mass is 16.7. The Labute approximate surface area is 118 Å². The molecule has 2 N–H and O–H groups in total. The zero-order chi connectivity index (χ0) is 14.1. The maximum absolute atomic E-state index is 12.8. The number of hydrogen-bond donors (Lipinski definition) is 1. The Hall–Kier alpha value is -1.75. The van der Waals surface area contributed by atoms with Gasteiger partial charge in [-0.25, -0.2) is 0 Å². The summed E-state index contributed by atoms with van der Waals surface area (Å²) in [6.45, 7) is 2.90. The van der Waals surface area contributed by atoms with Gasteiger partial charge < -0.3 is 20.1 Å². The quantitative estimate of drug-likeness (QED) is 0.894. The zero-order valence-corrected chi connectivity index (χ0v) is 11.7. The second kappa shape index (κ2) is 5.32. The highest BCUT2D eigenvalue weighted by molar-refractivity contribution is 5.98. The molecular weight excluding hydrogens is 256 g/mol. The van der Waals surface area contributed by atoms with Gasteiger partial charge in [-0.3, -0.25) is 4.79 Å². The van der Waals surface area contributed by atoms with Gasteiger partial charge in [-0.05, 0) is 38.3 Å². The fourth-order valence-corrected chi connectivity index (χ4v) is 3.01. The van der Waals surface area contributed by atoms with Crippen LogP contribution in [-0.2, 0) is 0 Å². The molecule has 0 unspecified atom stereocenters. The van der Waals surface area contributed by atoms with Gasteiger partial charge in [0.25, 0.3) is 5.91 Å². The van der Waals surface area contributed by atoms with Gasteiger partial charge in [-0.2, -0.15) is 0 Å². The summed E-state index contributed by atoms with van der Waals surface area (Å²) in [6.07, 6.45) is 3.12. The van der Waals surface area contributed by atoms with Crippen LogP contribution in [0.25, 0.3) is 0 Å². The fourth-order valence-electron chi connectivity index (χ4n) is 3.01. The Kier molecular flexibility index (Phi) is 3.53. The minimum Gasteiger partial charge on any atom is -0.454 e. The Morgan fingerprint density at radius 1 is 1.40 bits per heavy atom.